The molecule has 0 aliphatic heterocycles. The lowest BCUT2D eigenvalue weighted by atomic mass is 9.89. The SMILES string of the molecule is COC(=O)C[C@](C)(O)C(C)C. The van der Waals surface area contributed by atoms with E-state index in [0.29, 0.717) is 0 Å². The Morgan fingerprint density at radius 1 is 1.64 bits per heavy atom. The van der Waals surface area contributed by atoms with Crippen molar-refractivity contribution in [3.63, 3.8) is 0 Å². The second-order valence-corrected chi connectivity index (χ2v) is 3.26. The maximum absolute atomic E-state index is 10.7. The fraction of sp³-hybridized carbons (Fsp3) is 0.875. The van der Waals surface area contributed by atoms with Crippen molar-refractivity contribution in [3.05, 3.63) is 0 Å². The van der Waals surface area contributed by atoms with Crippen molar-refractivity contribution in [2.45, 2.75) is 32.8 Å². The summed E-state index contributed by atoms with van der Waals surface area (Å²) in [4.78, 5) is 10.7. The van der Waals surface area contributed by atoms with Crippen molar-refractivity contribution in [3.8, 4) is 0 Å². The van der Waals surface area contributed by atoms with Crippen LogP contribution < -0.4 is 0 Å². The average molecular weight is 160 g/mol. The number of esters is 1. The molecule has 1 atom stereocenters. The largest absolute Gasteiger partial charge is 0.469 e. The molecule has 0 amide bonds. The van der Waals surface area contributed by atoms with E-state index < -0.39 is 5.60 Å². The first-order chi connectivity index (χ1) is 4.90. The molecule has 0 aliphatic rings. The van der Waals surface area contributed by atoms with Crippen LogP contribution in [0.3, 0.4) is 0 Å². The molecule has 3 heteroatoms. The maximum Gasteiger partial charge on any atom is 0.308 e. The van der Waals surface area contributed by atoms with Crippen molar-refractivity contribution in [1.82, 2.24) is 0 Å². The molecule has 0 unspecified atom stereocenters. The number of ether oxygens (including phenoxy) is 1. The molecule has 0 aromatic carbocycles. The third kappa shape index (κ3) is 3.37. The van der Waals surface area contributed by atoms with E-state index in [0.717, 1.165) is 0 Å². The zero-order chi connectivity index (χ0) is 9.07. The van der Waals surface area contributed by atoms with E-state index in [1.165, 1.54) is 7.11 Å². The van der Waals surface area contributed by atoms with Gasteiger partial charge in [0.25, 0.3) is 0 Å². The summed E-state index contributed by atoms with van der Waals surface area (Å²) >= 11 is 0. The molecule has 0 saturated carbocycles. The lowest BCUT2D eigenvalue weighted by Gasteiger charge is -2.25. The van der Waals surface area contributed by atoms with Crippen molar-refractivity contribution in [2.75, 3.05) is 7.11 Å². The molecular weight excluding hydrogens is 144 g/mol. The van der Waals surface area contributed by atoms with Gasteiger partial charge < -0.3 is 9.84 Å². The molecule has 0 fully saturated rings. The fourth-order valence-electron chi connectivity index (χ4n) is 0.569. The predicted molar refractivity (Wildman–Crippen MR) is 42.1 cm³/mol. The molecule has 66 valence electrons. The molecule has 11 heavy (non-hydrogen) atoms. The van der Waals surface area contributed by atoms with Crippen LogP contribution in [0.15, 0.2) is 0 Å². The van der Waals surface area contributed by atoms with Gasteiger partial charge in [-0.05, 0) is 12.8 Å². The maximum atomic E-state index is 10.7. The zero-order valence-corrected chi connectivity index (χ0v) is 7.55. The van der Waals surface area contributed by atoms with E-state index in [1.54, 1.807) is 6.92 Å². The van der Waals surface area contributed by atoms with Gasteiger partial charge in [0.05, 0.1) is 19.1 Å². The lowest BCUT2D eigenvalue weighted by Crippen LogP contribution is -2.34. The van der Waals surface area contributed by atoms with Gasteiger partial charge in [0.2, 0.25) is 0 Å². The lowest BCUT2D eigenvalue weighted by molar-refractivity contribution is -0.147. The molecule has 3 nitrogen and oxygen atoms in total. The first kappa shape index (κ1) is 10.4. The molecule has 0 aromatic heterocycles. The summed E-state index contributed by atoms with van der Waals surface area (Å²) in [6.07, 6.45) is 0.0567. The highest BCUT2D eigenvalue weighted by Gasteiger charge is 2.28. The van der Waals surface area contributed by atoms with E-state index in [2.05, 4.69) is 4.74 Å². The highest BCUT2D eigenvalue weighted by atomic mass is 16.5. The van der Waals surface area contributed by atoms with Crippen molar-refractivity contribution < 1.29 is 14.6 Å². The molecule has 0 rings (SSSR count). The highest BCUT2D eigenvalue weighted by molar-refractivity contribution is 5.70. The van der Waals surface area contributed by atoms with Crippen LogP contribution in [0.1, 0.15) is 27.2 Å². The standard InChI is InChI=1S/C8H16O3/c1-6(2)8(3,10)5-7(9)11-4/h6,10H,5H2,1-4H3/t8-/m0/s1. The van der Waals surface area contributed by atoms with Crippen LogP contribution in [-0.4, -0.2) is 23.8 Å². The van der Waals surface area contributed by atoms with E-state index in [9.17, 15) is 9.90 Å². The van der Waals surface area contributed by atoms with Gasteiger partial charge in [0, 0.05) is 0 Å². The topological polar surface area (TPSA) is 46.5 Å². The van der Waals surface area contributed by atoms with Gasteiger partial charge in [-0.1, -0.05) is 13.8 Å². The van der Waals surface area contributed by atoms with Crippen molar-refractivity contribution in [2.24, 2.45) is 5.92 Å². The summed E-state index contributed by atoms with van der Waals surface area (Å²) < 4.78 is 4.44. The zero-order valence-electron chi connectivity index (χ0n) is 7.55. The Kier molecular flexibility index (Phi) is 3.52. The normalized spacial score (nSPS) is 16.2. The summed E-state index contributed by atoms with van der Waals surface area (Å²) in [5.74, 6) is -0.315. The predicted octanol–water partition coefficient (Wildman–Crippen LogP) is 0.956. The second kappa shape index (κ2) is 3.72. The number of methoxy groups -OCH3 is 1. The van der Waals surface area contributed by atoms with E-state index in [1.807, 2.05) is 13.8 Å². The van der Waals surface area contributed by atoms with Crippen molar-refractivity contribution in [1.29, 1.82) is 0 Å². The van der Waals surface area contributed by atoms with Crippen LogP contribution in [0.25, 0.3) is 0 Å². The van der Waals surface area contributed by atoms with E-state index in [-0.39, 0.29) is 18.3 Å². The first-order valence-corrected chi connectivity index (χ1v) is 3.69. The Morgan fingerprint density at radius 3 is 2.36 bits per heavy atom. The Labute approximate surface area is 67.4 Å². The average Bonchev–Trinajstić information content (AvgIpc) is 1.86. The minimum atomic E-state index is -0.951. The monoisotopic (exact) mass is 160 g/mol. The van der Waals surface area contributed by atoms with E-state index in [4.69, 9.17) is 0 Å². The summed E-state index contributed by atoms with van der Waals surface area (Å²) in [6, 6.07) is 0. The van der Waals surface area contributed by atoms with Gasteiger partial charge >= 0.3 is 5.97 Å². The molecule has 1 N–H and O–H groups in total. The van der Waals surface area contributed by atoms with Crippen molar-refractivity contribution >= 4 is 5.97 Å². The minimum Gasteiger partial charge on any atom is -0.469 e. The molecule has 0 aromatic rings. The smallest absolute Gasteiger partial charge is 0.308 e. The summed E-state index contributed by atoms with van der Waals surface area (Å²) in [5, 5.41) is 9.59. The molecule has 0 saturated heterocycles. The number of rotatable bonds is 3. The number of carbonyl (C=O) groups excluding carboxylic acids is 1. The van der Waals surface area contributed by atoms with Crippen LogP contribution in [-0.2, 0) is 9.53 Å². The second-order valence-electron chi connectivity index (χ2n) is 3.26. The summed E-state index contributed by atoms with van der Waals surface area (Å²) in [7, 11) is 1.32. The van der Waals surface area contributed by atoms with Crippen LogP contribution in [0, 0.1) is 5.92 Å². The van der Waals surface area contributed by atoms with Gasteiger partial charge in [-0.15, -0.1) is 0 Å². The van der Waals surface area contributed by atoms with Gasteiger partial charge in [0.15, 0.2) is 0 Å². The summed E-state index contributed by atoms with van der Waals surface area (Å²) in [6.45, 7) is 5.36. The Balaban J connectivity index is 4.01. The number of carbonyl (C=O) groups is 1. The van der Waals surface area contributed by atoms with E-state index >= 15 is 0 Å². The number of aliphatic hydroxyl groups is 1. The number of hydrogen-bond acceptors (Lipinski definition) is 3. The summed E-state index contributed by atoms with van der Waals surface area (Å²) in [5.41, 5.74) is -0.951. The third-order valence-electron chi connectivity index (χ3n) is 1.97. The van der Waals surface area contributed by atoms with Crippen LogP contribution in [0.2, 0.25) is 0 Å². The first-order valence-electron chi connectivity index (χ1n) is 3.69. The molecule has 0 bridgehead atoms. The quantitative estimate of drug-likeness (QED) is 0.625. The Hall–Kier alpha value is -0.570. The third-order valence-corrected chi connectivity index (χ3v) is 1.97. The van der Waals surface area contributed by atoms with Gasteiger partial charge in [-0.2, -0.15) is 0 Å². The van der Waals surface area contributed by atoms with Crippen LogP contribution >= 0.6 is 0 Å². The van der Waals surface area contributed by atoms with Crippen LogP contribution in [0.5, 0.6) is 0 Å². The Bertz CT molecular complexity index is 138. The fourth-order valence-corrected chi connectivity index (χ4v) is 0.569. The molecule has 0 spiro atoms. The number of hydrogen-bond donors (Lipinski definition) is 1. The highest BCUT2D eigenvalue weighted by Crippen LogP contribution is 2.20. The minimum absolute atomic E-state index is 0.0567. The van der Waals surface area contributed by atoms with Gasteiger partial charge in [-0.3, -0.25) is 4.79 Å². The Morgan fingerprint density at radius 2 is 2.09 bits per heavy atom. The van der Waals surface area contributed by atoms with Gasteiger partial charge in [0.1, 0.15) is 0 Å². The molecule has 0 aliphatic carbocycles. The van der Waals surface area contributed by atoms with Crippen LogP contribution in [0.4, 0.5) is 0 Å². The molecule has 0 radical (unpaired) electrons. The molecule has 0 heterocycles. The molecular formula is C8H16O3. The van der Waals surface area contributed by atoms with Gasteiger partial charge in [-0.25, -0.2) is 0 Å².